The second-order valence-corrected chi connectivity index (χ2v) is 5.11. The number of nitrogens with two attached hydrogens (primary N) is 1. The van der Waals surface area contributed by atoms with Crippen molar-refractivity contribution in [2.75, 3.05) is 12.4 Å². The topological polar surface area (TPSA) is 105 Å². The predicted molar refractivity (Wildman–Crippen MR) is 85.7 cm³/mol. The van der Waals surface area contributed by atoms with Gasteiger partial charge in [-0.1, -0.05) is 23.4 Å². The average molecular weight is 338 g/mol. The number of methoxy groups -OCH3 is 1. The zero-order chi connectivity index (χ0) is 16.5. The molecule has 0 heterocycles. The molecule has 3 N–H and O–H groups in total. The number of carbonyl (C=O) groups excluding carboxylic acids is 2. The second-order valence-electron chi connectivity index (χ2n) is 3.76. The zero-order valence-electron chi connectivity index (χ0n) is 11.5. The van der Waals surface area contributed by atoms with Gasteiger partial charge in [-0.3, -0.25) is 4.79 Å². The van der Waals surface area contributed by atoms with Crippen molar-refractivity contribution in [2.45, 2.75) is 0 Å². The minimum Gasteiger partial charge on any atom is -0.466 e. The Kier molecular flexibility index (Phi) is 7.02. The normalized spacial score (nSPS) is 11.5. The monoisotopic (exact) mass is 337 g/mol. The Hall–Kier alpha value is -2.43. The second kappa shape index (κ2) is 8.77. The van der Waals surface area contributed by atoms with Crippen molar-refractivity contribution in [2.24, 2.45) is 5.73 Å². The van der Waals surface area contributed by atoms with E-state index in [9.17, 15) is 9.59 Å². The molecule has 22 heavy (non-hydrogen) atoms. The molecule has 8 heteroatoms. The van der Waals surface area contributed by atoms with E-state index in [-0.39, 0.29) is 10.6 Å². The summed E-state index contributed by atoms with van der Waals surface area (Å²) in [7, 11) is 1.24. The number of thioether (sulfide) groups is 1. The van der Waals surface area contributed by atoms with Gasteiger partial charge in [0.25, 0.3) is 5.91 Å². The molecule has 1 rings (SSSR count). The summed E-state index contributed by atoms with van der Waals surface area (Å²) in [6.45, 7) is 0. The first-order valence-electron chi connectivity index (χ1n) is 5.86. The molecule has 0 spiro atoms. The summed E-state index contributed by atoms with van der Waals surface area (Å²) in [6.07, 6.45) is 1.16. The lowest BCUT2D eigenvalue weighted by Gasteiger charge is -2.10. The number of primary amides is 1. The van der Waals surface area contributed by atoms with Crippen LogP contribution in [0.1, 0.15) is 0 Å². The number of halogens is 1. The van der Waals surface area contributed by atoms with Crippen molar-refractivity contribution >= 4 is 40.9 Å². The van der Waals surface area contributed by atoms with Gasteiger partial charge in [-0.15, -0.1) is 0 Å². The van der Waals surface area contributed by atoms with Gasteiger partial charge < -0.3 is 15.8 Å². The number of hydrogen-bond donors (Lipinski definition) is 2. The van der Waals surface area contributed by atoms with Crippen molar-refractivity contribution in [3.63, 3.8) is 0 Å². The summed E-state index contributed by atoms with van der Waals surface area (Å²) in [5.74, 6) is -1.44. The number of amides is 1. The van der Waals surface area contributed by atoms with E-state index < -0.39 is 11.9 Å². The Morgan fingerprint density at radius 1 is 1.41 bits per heavy atom. The number of nitrogens with zero attached hydrogens (tertiary/aromatic N) is 1. The number of carbonyl (C=O) groups is 2. The SMILES string of the molecule is COC(=O)/C=C\S/C(Nc1ccc(Cl)cc1)=C(/C#N)C(N)=O. The van der Waals surface area contributed by atoms with Gasteiger partial charge in [-0.05, 0) is 29.7 Å². The highest BCUT2D eigenvalue weighted by Crippen LogP contribution is 2.24. The van der Waals surface area contributed by atoms with Crippen LogP contribution in [0.3, 0.4) is 0 Å². The number of nitrogens with one attached hydrogen (secondary N) is 1. The van der Waals surface area contributed by atoms with Crippen LogP contribution in [-0.2, 0) is 14.3 Å². The van der Waals surface area contributed by atoms with Gasteiger partial charge in [0.2, 0.25) is 0 Å². The smallest absolute Gasteiger partial charge is 0.330 e. The molecule has 0 aliphatic rings. The molecule has 0 aliphatic heterocycles. The summed E-state index contributed by atoms with van der Waals surface area (Å²) in [4.78, 5) is 22.4. The maximum absolute atomic E-state index is 11.3. The average Bonchev–Trinajstić information content (AvgIpc) is 2.49. The van der Waals surface area contributed by atoms with E-state index in [0.717, 1.165) is 17.8 Å². The third-order valence-corrected chi connectivity index (χ3v) is 3.34. The van der Waals surface area contributed by atoms with Crippen LogP contribution in [0, 0.1) is 11.3 Å². The molecule has 6 nitrogen and oxygen atoms in total. The summed E-state index contributed by atoms with van der Waals surface area (Å²) >= 11 is 6.74. The van der Waals surface area contributed by atoms with Gasteiger partial charge in [-0.2, -0.15) is 5.26 Å². The first kappa shape index (κ1) is 17.6. The number of hydrogen-bond acceptors (Lipinski definition) is 6. The van der Waals surface area contributed by atoms with Gasteiger partial charge >= 0.3 is 5.97 Å². The molecule has 0 atom stereocenters. The molecule has 0 radical (unpaired) electrons. The summed E-state index contributed by atoms with van der Waals surface area (Å²) < 4.78 is 4.45. The molecule has 0 aliphatic carbocycles. The Bertz CT molecular complexity index is 663. The minimum absolute atomic E-state index is 0.192. The van der Waals surface area contributed by atoms with Crippen molar-refractivity contribution < 1.29 is 14.3 Å². The molecule has 0 saturated carbocycles. The van der Waals surface area contributed by atoms with E-state index in [1.807, 2.05) is 0 Å². The quantitative estimate of drug-likeness (QED) is 0.469. The molecule has 1 aromatic carbocycles. The van der Waals surface area contributed by atoms with Crippen molar-refractivity contribution in [3.05, 3.63) is 51.4 Å². The highest BCUT2D eigenvalue weighted by molar-refractivity contribution is 8.06. The van der Waals surface area contributed by atoms with Crippen LogP contribution in [0.5, 0.6) is 0 Å². The molecule has 0 fully saturated rings. The fourth-order valence-electron chi connectivity index (χ4n) is 1.26. The van der Waals surface area contributed by atoms with Crippen LogP contribution in [-0.4, -0.2) is 19.0 Å². The van der Waals surface area contributed by atoms with E-state index >= 15 is 0 Å². The lowest BCUT2D eigenvalue weighted by molar-refractivity contribution is -0.134. The summed E-state index contributed by atoms with van der Waals surface area (Å²) in [6, 6.07) is 8.36. The number of anilines is 1. The predicted octanol–water partition coefficient (Wildman–Crippen LogP) is 2.39. The van der Waals surface area contributed by atoms with Crippen LogP contribution in [0.4, 0.5) is 5.69 Å². The molecule has 1 aromatic rings. The van der Waals surface area contributed by atoms with E-state index in [4.69, 9.17) is 22.6 Å². The maximum atomic E-state index is 11.3. The number of esters is 1. The Balaban J connectivity index is 3.04. The Labute approximate surface area is 136 Å². The first-order chi connectivity index (χ1) is 10.5. The fourth-order valence-corrected chi connectivity index (χ4v) is 2.14. The highest BCUT2D eigenvalue weighted by atomic mass is 35.5. The van der Waals surface area contributed by atoms with E-state index in [2.05, 4.69) is 10.1 Å². The van der Waals surface area contributed by atoms with Crippen LogP contribution in [0.15, 0.2) is 46.4 Å². The van der Waals surface area contributed by atoms with Crippen molar-refractivity contribution in [3.8, 4) is 6.07 Å². The van der Waals surface area contributed by atoms with Gasteiger partial charge in [0.05, 0.1) is 7.11 Å². The molecular weight excluding hydrogens is 326 g/mol. The molecule has 114 valence electrons. The number of rotatable bonds is 6. The molecule has 0 saturated heterocycles. The number of ether oxygens (including phenoxy) is 1. The Morgan fingerprint density at radius 2 is 2.05 bits per heavy atom. The van der Waals surface area contributed by atoms with Gasteiger partial charge in [0.1, 0.15) is 16.7 Å². The van der Waals surface area contributed by atoms with Crippen LogP contribution < -0.4 is 11.1 Å². The molecule has 0 unspecified atom stereocenters. The number of benzene rings is 1. The van der Waals surface area contributed by atoms with Gasteiger partial charge in [0, 0.05) is 16.8 Å². The van der Waals surface area contributed by atoms with E-state index in [1.54, 1.807) is 30.3 Å². The minimum atomic E-state index is -0.877. The lowest BCUT2D eigenvalue weighted by Crippen LogP contribution is -2.16. The van der Waals surface area contributed by atoms with Gasteiger partial charge in [0.15, 0.2) is 0 Å². The lowest BCUT2D eigenvalue weighted by atomic mass is 10.3. The Morgan fingerprint density at radius 3 is 2.55 bits per heavy atom. The molecular formula is C14H12ClN3O3S. The molecule has 1 amide bonds. The van der Waals surface area contributed by atoms with Crippen LogP contribution in [0.25, 0.3) is 0 Å². The van der Waals surface area contributed by atoms with Crippen LogP contribution >= 0.6 is 23.4 Å². The third-order valence-electron chi connectivity index (χ3n) is 2.28. The van der Waals surface area contributed by atoms with Crippen LogP contribution in [0.2, 0.25) is 5.02 Å². The van der Waals surface area contributed by atoms with E-state index in [1.165, 1.54) is 12.5 Å². The molecule has 0 bridgehead atoms. The molecule has 0 aromatic heterocycles. The zero-order valence-corrected chi connectivity index (χ0v) is 13.1. The van der Waals surface area contributed by atoms with Crippen molar-refractivity contribution in [1.82, 2.24) is 0 Å². The third kappa shape index (κ3) is 5.52. The fraction of sp³-hybridized carbons (Fsp3) is 0.0714. The summed E-state index contributed by atoms with van der Waals surface area (Å²) in [5.41, 5.74) is 5.52. The van der Waals surface area contributed by atoms with E-state index in [0.29, 0.717) is 10.7 Å². The number of nitriles is 1. The first-order valence-corrected chi connectivity index (χ1v) is 7.11. The largest absolute Gasteiger partial charge is 0.466 e. The summed E-state index contributed by atoms with van der Waals surface area (Å²) in [5, 5.41) is 14.0. The highest BCUT2D eigenvalue weighted by Gasteiger charge is 2.13. The standard InChI is InChI=1S/C14H12ClN3O3S/c1-21-12(19)6-7-22-14(11(8-16)13(17)20)18-10-4-2-9(15)3-5-10/h2-7,18H,1H3,(H2,17,20)/b7-6-,14-11-. The van der Waals surface area contributed by atoms with Crippen molar-refractivity contribution in [1.29, 1.82) is 5.26 Å². The maximum Gasteiger partial charge on any atom is 0.330 e. The van der Waals surface area contributed by atoms with Gasteiger partial charge in [-0.25, -0.2) is 4.79 Å².